The van der Waals surface area contributed by atoms with Crippen LogP contribution in [0.15, 0.2) is 83.5 Å². The Hall–Kier alpha value is -3.70. The fraction of sp³-hybridized carbons (Fsp3) is 0.237. The summed E-state index contributed by atoms with van der Waals surface area (Å²) in [4.78, 5) is 13.5. The van der Waals surface area contributed by atoms with Gasteiger partial charge in [0.25, 0.3) is 0 Å². The molecule has 0 atom stereocenters. The van der Waals surface area contributed by atoms with Gasteiger partial charge in [0.1, 0.15) is 11.1 Å². The predicted molar refractivity (Wildman–Crippen MR) is 180 cm³/mol. The second kappa shape index (κ2) is 12.7. The molecule has 7 rings (SSSR count). The molecule has 0 spiro atoms. The van der Waals surface area contributed by atoms with E-state index in [-0.39, 0.29) is 36.6 Å². The Bertz CT molecular complexity index is 2320. The first kappa shape index (κ1) is 23.7. The molecule has 0 N–H and O–H groups in total. The third-order valence-electron chi connectivity index (χ3n) is 7.05. The number of hydrogen-bond donors (Lipinski definition) is 0. The Morgan fingerprint density at radius 1 is 0.886 bits per heavy atom. The topological polar surface area (TPSA) is 51.8 Å². The first-order chi connectivity index (χ1) is 23.3. The standard InChI is InChI=1S/C26H25N2OS.C12H10N.Ir/c1-14(2)19-12-20(27-13-15(19)3)18-9-7-8-16-17-10-11-21-22(24(17)29-23(16)18)28-25(30-21)26(4,5)6;1-10-7-8-12(13-9-10)11-5-3-2-4-6-11;/h7-8,10-14H,1-6H3;2-5,7-9H,1H3;/q2*-1;/i3D3,14D;1D3;. The second-order valence-electron chi connectivity index (χ2n) is 11.6. The van der Waals surface area contributed by atoms with Crippen molar-refractivity contribution in [3.05, 3.63) is 113 Å². The van der Waals surface area contributed by atoms with E-state index in [1.807, 2.05) is 30.3 Å². The molecule has 0 fully saturated rings. The van der Waals surface area contributed by atoms with E-state index < -0.39 is 19.6 Å². The van der Waals surface area contributed by atoms with Gasteiger partial charge in [0.2, 0.25) is 0 Å². The SMILES string of the molecule is [2H]C([2H])([2H])c1ccc(-c2[c-]cccc2)nc1.[2H]C([2H])([2H])c1cnc(-c2[c-]ccc3c2oc2c3ccc3sc(C(C)(C)C)nc32)cc1C([2H])(C)C.[Ir]. The van der Waals surface area contributed by atoms with Gasteiger partial charge in [-0.3, -0.25) is 0 Å². The van der Waals surface area contributed by atoms with Crippen LogP contribution < -0.4 is 0 Å². The number of thiazole rings is 1. The molecule has 0 aliphatic heterocycles. The van der Waals surface area contributed by atoms with E-state index in [9.17, 15) is 0 Å². The molecule has 4 aromatic heterocycles. The van der Waals surface area contributed by atoms with Gasteiger partial charge >= 0.3 is 0 Å². The Morgan fingerprint density at radius 3 is 2.39 bits per heavy atom. The number of pyridine rings is 2. The molecule has 0 amide bonds. The van der Waals surface area contributed by atoms with Crippen molar-refractivity contribution >= 4 is 43.5 Å². The van der Waals surface area contributed by atoms with E-state index in [2.05, 4.69) is 55.0 Å². The van der Waals surface area contributed by atoms with Crippen LogP contribution >= 0.6 is 11.3 Å². The third kappa shape index (κ3) is 6.25. The number of fused-ring (bicyclic) bond motifs is 5. The molecule has 0 aliphatic carbocycles. The first-order valence-corrected chi connectivity index (χ1v) is 14.8. The summed E-state index contributed by atoms with van der Waals surface area (Å²) in [5.41, 5.74) is 5.64. The van der Waals surface area contributed by atoms with Crippen LogP contribution in [0.4, 0.5) is 0 Å². The van der Waals surface area contributed by atoms with Crippen molar-refractivity contribution < 1.29 is 34.1 Å². The van der Waals surface area contributed by atoms with Gasteiger partial charge in [-0.25, -0.2) is 4.98 Å². The Balaban J connectivity index is 0.000000249. The zero-order valence-corrected chi connectivity index (χ0v) is 28.2. The van der Waals surface area contributed by atoms with Gasteiger partial charge in [-0.15, -0.1) is 65.4 Å². The van der Waals surface area contributed by atoms with E-state index >= 15 is 0 Å². The molecule has 0 saturated carbocycles. The molecule has 1 radical (unpaired) electrons. The summed E-state index contributed by atoms with van der Waals surface area (Å²) >= 11 is 1.67. The average molecular weight is 781 g/mol. The number of aryl methyl sites for hydroxylation is 2. The Kier molecular flexibility index (Phi) is 6.84. The minimum Gasteiger partial charge on any atom is -0.498 e. The van der Waals surface area contributed by atoms with Gasteiger partial charge in [-0.2, -0.15) is 0 Å². The molecule has 3 aromatic carbocycles. The van der Waals surface area contributed by atoms with Gasteiger partial charge in [-0.05, 0) is 53.7 Å². The minimum absolute atomic E-state index is 0. The van der Waals surface area contributed by atoms with Crippen LogP contribution in [-0.4, -0.2) is 15.0 Å². The fourth-order valence-corrected chi connectivity index (χ4v) is 5.83. The monoisotopic (exact) mass is 781 g/mol. The molecule has 6 heteroatoms. The van der Waals surface area contributed by atoms with Crippen LogP contribution in [-0.2, 0) is 25.5 Å². The molecule has 44 heavy (non-hydrogen) atoms. The van der Waals surface area contributed by atoms with Gasteiger partial charge < -0.3 is 14.4 Å². The van der Waals surface area contributed by atoms with Crippen molar-refractivity contribution in [2.45, 2.75) is 59.6 Å². The summed E-state index contributed by atoms with van der Waals surface area (Å²) in [6.07, 6.45) is 2.75. The van der Waals surface area contributed by atoms with Crippen molar-refractivity contribution in [2.24, 2.45) is 0 Å². The maximum Gasteiger partial charge on any atom is 0.148 e. The van der Waals surface area contributed by atoms with Crippen LogP contribution in [0.3, 0.4) is 0 Å². The van der Waals surface area contributed by atoms with Gasteiger partial charge in [0.05, 0.1) is 15.3 Å². The van der Waals surface area contributed by atoms with Gasteiger partial charge in [0, 0.05) is 52.9 Å². The van der Waals surface area contributed by atoms with Crippen LogP contribution in [0.2, 0.25) is 0 Å². The summed E-state index contributed by atoms with van der Waals surface area (Å²) in [6.45, 7) is 5.35. The molecular formula is C38H35IrN3OS-2. The van der Waals surface area contributed by atoms with Crippen molar-refractivity contribution in [1.29, 1.82) is 0 Å². The second-order valence-corrected chi connectivity index (χ2v) is 12.6. The summed E-state index contributed by atoms with van der Waals surface area (Å²) in [5, 5.41) is 2.93. The van der Waals surface area contributed by atoms with Crippen molar-refractivity contribution in [2.75, 3.05) is 0 Å². The summed E-state index contributed by atoms with van der Waals surface area (Å²) < 4.78 is 61.3. The van der Waals surface area contributed by atoms with Crippen LogP contribution in [0.1, 0.15) is 71.8 Å². The predicted octanol–water partition coefficient (Wildman–Crippen LogP) is 10.6. The quantitative estimate of drug-likeness (QED) is 0.168. The maximum absolute atomic E-state index is 8.53. The third-order valence-corrected chi connectivity index (χ3v) is 8.49. The van der Waals surface area contributed by atoms with E-state index in [1.165, 1.54) is 12.4 Å². The molecule has 225 valence electrons. The summed E-state index contributed by atoms with van der Waals surface area (Å²) in [6, 6.07) is 26.6. The minimum atomic E-state index is -2.35. The molecule has 4 heterocycles. The molecule has 4 nitrogen and oxygen atoms in total. The van der Waals surface area contributed by atoms with Gasteiger partial charge in [0.15, 0.2) is 0 Å². The number of aromatic nitrogens is 3. The Labute approximate surface area is 286 Å². The summed E-state index contributed by atoms with van der Waals surface area (Å²) in [7, 11) is 0. The number of nitrogens with zero attached hydrogens (tertiary/aromatic N) is 3. The molecule has 0 bridgehead atoms. The smallest absolute Gasteiger partial charge is 0.148 e. The van der Waals surface area contributed by atoms with E-state index in [1.54, 1.807) is 49.4 Å². The number of rotatable bonds is 3. The number of benzene rings is 3. The van der Waals surface area contributed by atoms with E-state index in [0.29, 0.717) is 22.4 Å². The molecule has 0 aliphatic rings. The fourth-order valence-electron chi connectivity index (χ4n) is 4.81. The van der Waals surface area contributed by atoms with Crippen molar-refractivity contribution in [3.8, 4) is 22.5 Å². The van der Waals surface area contributed by atoms with Crippen molar-refractivity contribution in [1.82, 2.24) is 15.0 Å². The normalized spacial score (nSPS) is 14.7. The van der Waals surface area contributed by atoms with Crippen LogP contribution in [0, 0.1) is 25.8 Å². The average Bonchev–Trinajstić information content (AvgIpc) is 3.66. The summed E-state index contributed by atoms with van der Waals surface area (Å²) in [5.74, 6) is -1.11. The Morgan fingerprint density at radius 2 is 1.70 bits per heavy atom. The van der Waals surface area contributed by atoms with Crippen LogP contribution in [0.25, 0.3) is 54.7 Å². The molecule has 0 saturated heterocycles. The van der Waals surface area contributed by atoms with E-state index in [0.717, 1.165) is 42.8 Å². The van der Waals surface area contributed by atoms with E-state index in [4.69, 9.17) is 19.0 Å². The van der Waals surface area contributed by atoms with Gasteiger partial charge in [-0.1, -0.05) is 69.8 Å². The molecular weight excluding hydrogens is 739 g/mol. The number of furan rings is 1. The number of hydrogen-bond acceptors (Lipinski definition) is 5. The molecule has 0 unspecified atom stereocenters. The maximum atomic E-state index is 8.53. The largest absolute Gasteiger partial charge is 0.498 e. The zero-order chi connectivity index (χ0) is 36.2. The zero-order valence-electron chi connectivity index (χ0n) is 32.0. The molecule has 7 aromatic rings. The van der Waals surface area contributed by atoms with Crippen molar-refractivity contribution in [3.63, 3.8) is 0 Å². The first-order valence-electron chi connectivity index (χ1n) is 17.4. The van der Waals surface area contributed by atoms with Crippen LogP contribution in [0.5, 0.6) is 0 Å².